The first-order chi connectivity index (χ1) is 13.9. The van der Waals surface area contributed by atoms with Gasteiger partial charge < -0.3 is 25.6 Å². The Balaban J connectivity index is 1.80. The van der Waals surface area contributed by atoms with E-state index in [0.29, 0.717) is 12.1 Å². The first-order valence-electron chi connectivity index (χ1n) is 9.28. The van der Waals surface area contributed by atoms with Crippen molar-refractivity contribution in [2.75, 3.05) is 6.61 Å². The van der Waals surface area contributed by atoms with Gasteiger partial charge in [-0.15, -0.1) is 0 Å². The number of amides is 2. The van der Waals surface area contributed by atoms with Crippen molar-refractivity contribution in [2.45, 2.75) is 31.3 Å². The van der Waals surface area contributed by atoms with E-state index < -0.39 is 23.6 Å². The number of aromatic nitrogens is 2. The monoisotopic (exact) mass is 395 g/mol. The van der Waals surface area contributed by atoms with Crippen LogP contribution in [-0.4, -0.2) is 45.5 Å². The van der Waals surface area contributed by atoms with Crippen molar-refractivity contribution in [3.05, 3.63) is 65.9 Å². The number of para-hydroxylation sites is 1. The Hall–Kier alpha value is -3.39. The predicted octanol–water partition coefficient (Wildman–Crippen LogP) is 0.517. The Morgan fingerprint density at radius 2 is 1.86 bits per heavy atom. The Morgan fingerprint density at radius 1 is 1.17 bits per heavy atom. The summed E-state index contributed by atoms with van der Waals surface area (Å²) in [5.41, 5.74) is 0.769. The molecule has 2 atom stereocenters. The SMILES string of the molecule is CC(Cc1[nH]nc2ccccc12)(NC(=O)[O-])C(=O)NC(CO)Cc1ccccc1. The molecule has 2 unspecified atom stereocenters. The number of carboxylic acid groups (broad SMARTS) is 1. The summed E-state index contributed by atoms with van der Waals surface area (Å²) in [5, 5.41) is 33.8. The van der Waals surface area contributed by atoms with E-state index in [-0.39, 0.29) is 13.0 Å². The molecular weight excluding hydrogens is 372 g/mol. The predicted molar refractivity (Wildman–Crippen MR) is 106 cm³/mol. The van der Waals surface area contributed by atoms with Gasteiger partial charge in [-0.1, -0.05) is 48.5 Å². The molecule has 4 N–H and O–H groups in total. The Labute approximate surface area is 167 Å². The van der Waals surface area contributed by atoms with Crippen molar-refractivity contribution >= 4 is 22.9 Å². The quantitative estimate of drug-likeness (QED) is 0.442. The third-order valence-electron chi connectivity index (χ3n) is 4.83. The fourth-order valence-electron chi connectivity index (χ4n) is 3.31. The Bertz CT molecular complexity index is 989. The van der Waals surface area contributed by atoms with E-state index in [1.165, 1.54) is 6.92 Å². The van der Waals surface area contributed by atoms with Crippen LogP contribution in [0.5, 0.6) is 0 Å². The van der Waals surface area contributed by atoms with Gasteiger partial charge in [-0.3, -0.25) is 9.89 Å². The fourth-order valence-corrected chi connectivity index (χ4v) is 3.31. The van der Waals surface area contributed by atoms with Crippen molar-refractivity contribution in [2.24, 2.45) is 0 Å². The lowest BCUT2D eigenvalue weighted by Gasteiger charge is -2.32. The average molecular weight is 395 g/mol. The molecule has 1 heterocycles. The third kappa shape index (κ3) is 4.91. The van der Waals surface area contributed by atoms with E-state index in [9.17, 15) is 19.8 Å². The van der Waals surface area contributed by atoms with Crippen molar-refractivity contribution in [1.82, 2.24) is 20.8 Å². The van der Waals surface area contributed by atoms with Gasteiger partial charge in [-0.25, -0.2) is 0 Å². The molecule has 0 saturated carbocycles. The zero-order chi connectivity index (χ0) is 20.9. The number of carbonyl (C=O) groups is 2. The van der Waals surface area contributed by atoms with Gasteiger partial charge in [0.05, 0.1) is 18.2 Å². The van der Waals surface area contributed by atoms with Crippen LogP contribution in [-0.2, 0) is 17.6 Å². The van der Waals surface area contributed by atoms with Gasteiger partial charge >= 0.3 is 0 Å². The molecule has 0 aliphatic carbocycles. The van der Waals surface area contributed by atoms with E-state index in [1.807, 2.05) is 54.6 Å². The number of rotatable bonds is 8. The first kappa shape index (κ1) is 20.3. The summed E-state index contributed by atoms with van der Waals surface area (Å²) in [6, 6.07) is 16.2. The fraction of sp³-hybridized carbons (Fsp3) is 0.286. The molecule has 3 aromatic rings. The number of benzene rings is 2. The summed E-state index contributed by atoms with van der Waals surface area (Å²) in [4.78, 5) is 24.3. The van der Waals surface area contributed by atoms with Crippen LogP contribution in [0, 0.1) is 0 Å². The molecule has 1 aromatic heterocycles. The molecule has 2 amide bonds. The van der Waals surface area contributed by atoms with Crippen LogP contribution in [0.15, 0.2) is 54.6 Å². The third-order valence-corrected chi connectivity index (χ3v) is 4.83. The maximum Gasteiger partial charge on any atom is 0.246 e. The lowest BCUT2D eigenvalue weighted by molar-refractivity contribution is -0.252. The van der Waals surface area contributed by atoms with Gasteiger partial charge in [0.2, 0.25) is 5.91 Å². The second-order valence-corrected chi connectivity index (χ2v) is 7.18. The number of fused-ring (bicyclic) bond motifs is 1. The van der Waals surface area contributed by atoms with Crippen LogP contribution in [0.1, 0.15) is 18.2 Å². The number of carbonyl (C=O) groups excluding carboxylic acids is 2. The average Bonchev–Trinajstić information content (AvgIpc) is 3.10. The van der Waals surface area contributed by atoms with Crippen LogP contribution in [0.4, 0.5) is 4.79 Å². The number of aromatic amines is 1. The molecule has 0 saturated heterocycles. The maximum absolute atomic E-state index is 13.0. The van der Waals surface area contributed by atoms with E-state index in [0.717, 1.165) is 16.5 Å². The highest BCUT2D eigenvalue weighted by Gasteiger charge is 2.35. The number of H-pyrrole nitrogens is 1. The van der Waals surface area contributed by atoms with E-state index in [2.05, 4.69) is 20.8 Å². The van der Waals surface area contributed by atoms with E-state index >= 15 is 0 Å². The maximum atomic E-state index is 13.0. The number of nitrogens with zero attached hydrogens (tertiary/aromatic N) is 1. The van der Waals surface area contributed by atoms with E-state index in [1.54, 1.807) is 0 Å². The van der Waals surface area contributed by atoms with Crippen molar-refractivity contribution in [3.63, 3.8) is 0 Å². The lowest BCUT2D eigenvalue weighted by atomic mass is 9.92. The zero-order valence-corrected chi connectivity index (χ0v) is 16.0. The van der Waals surface area contributed by atoms with Crippen molar-refractivity contribution < 1.29 is 19.8 Å². The molecule has 8 nitrogen and oxygen atoms in total. The summed E-state index contributed by atoms with van der Waals surface area (Å²) in [5.74, 6) is -0.560. The summed E-state index contributed by atoms with van der Waals surface area (Å²) in [6.45, 7) is 1.19. The van der Waals surface area contributed by atoms with Crippen LogP contribution in [0.2, 0.25) is 0 Å². The summed E-state index contributed by atoms with van der Waals surface area (Å²) in [6.07, 6.45) is -1.11. The molecule has 0 spiro atoms. The highest BCUT2D eigenvalue weighted by molar-refractivity contribution is 5.90. The van der Waals surface area contributed by atoms with Crippen LogP contribution < -0.4 is 15.7 Å². The summed E-state index contributed by atoms with van der Waals surface area (Å²) < 4.78 is 0. The number of hydrogen-bond acceptors (Lipinski definition) is 5. The minimum absolute atomic E-state index is 0.0385. The lowest BCUT2D eigenvalue weighted by Crippen LogP contribution is -2.62. The first-order valence-corrected chi connectivity index (χ1v) is 9.28. The van der Waals surface area contributed by atoms with Gasteiger partial charge in [-0.05, 0) is 25.0 Å². The molecule has 152 valence electrons. The molecule has 0 aliphatic heterocycles. The largest absolute Gasteiger partial charge is 0.530 e. The van der Waals surface area contributed by atoms with Gasteiger partial charge in [0.25, 0.3) is 0 Å². The molecule has 0 bridgehead atoms. The summed E-state index contributed by atoms with van der Waals surface area (Å²) >= 11 is 0. The van der Waals surface area contributed by atoms with Gasteiger partial charge in [-0.2, -0.15) is 5.10 Å². The van der Waals surface area contributed by atoms with E-state index in [4.69, 9.17) is 0 Å². The Kier molecular flexibility index (Phi) is 6.13. The zero-order valence-electron chi connectivity index (χ0n) is 16.0. The number of aliphatic hydroxyl groups is 1. The molecule has 0 aliphatic rings. The van der Waals surface area contributed by atoms with Gasteiger partial charge in [0.1, 0.15) is 11.6 Å². The number of nitrogens with one attached hydrogen (secondary N) is 3. The van der Waals surface area contributed by atoms with Crippen molar-refractivity contribution in [1.29, 1.82) is 0 Å². The minimum atomic E-state index is -1.56. The highest BCUT2D eigenvalue weighted by Crippen LogP contribution is 2.21. The standard InChI is InChI=1S/C21H24N4O4/c1-21(23-20(28)29,12-18-16-9-5-6-10-17(16)24-25-18)19(27)22-15(13-26)11-14-7-3-2-4-8-14/h2-10,15,23,26H,11-13H2,1H3,(H,22,27)(H,24,25)(H,28,29)/p-1. The highest BCUT2D eigenvalue weighted by atomic mass is 16.4. The molecular formula is C21H23N4O4-. The van der Waals surface area contributed by atoms with Gasteiger partial charge in [0, 0.05) is 17.5 Å². The normalized spacial score (nSPS) is 14.1. The number of hydrogen-bond donors (Lipinski definition) is 4. The molecule has 2 aromatic carbocycles. The molecule has 8 heteroatoms. The van der Waals surface area contributed by atoms with Crippen LogP contribution in [0.25, 0.3) is 10.9 Å². The molecule has 0 radical (unpaired) electrons. The second-order valence-electron chi connectivity index (χ2n) is 7.18. The topological polar surface area (TPSA) is 130 Å². The van der Waals surface area contributed by atoms with Crippen LogP contribution in [0.3, 0.4) is 0 Å². The van der Waals surface area contributed by atoms with Gasteiger partial charge in [0.15, 0.2) is 0 Å². The van der Waals surface area contributed by atoms with Crippen LogP contribution >= 0.6 is 0 Å². The smallest absolute Gasteiger partial charge is 0.246 e. The second kappa shape index (κ2) is 8.74. The molecule has 3 rings (SSSR count). The molecule has 0 fully saturated rings. The Morgan fingerprint density at radius 3 is 2.55 bits per heavy atom. The van der Waals surface area contributed by atoms with Crippen molar-refractivity contribution in [3.8, 4) is 0 Å². The number of aliphatic hydroxyl groups excluding tert-OH is 1. The summed E-state index contributed by atoms with van der Waals surface area (Å²) in [7, 11) is 0. The minimum Gasteiger partial charge on any atom is -0.530 e. The molecule has 29 heavy (non-hydrogen) atoms.